The fourth-order valence-electron chi connectivity index (χ4n) is 7.56. The molecule has 280 valence electrons. The number of hydrogen-bond acceptors (Lipinski definition) is 6. The van der Waals surface area contributed by atoms with Gasteiger partial charge >= 0.3 is 5.97 Å². The molecular formula is C40H56F2N4O5. The topological polar surface area (TPSA) is 119 Å². The molecule has 51 heavy (non-hydrogen) atoms. The highest BCUT2D eigenvalue weighted by atomic mass is 19.1. The fourth-order valence-corrected chi connectivity index (χ4v) is 7.56. The van der Waals surface area contributed by atoms with E-state index >= 15 is 0 Å². The third-order valence-electron chi connectivity index (χ3n) is 10.2. The van der Waals surface area contributed by atoms with Crippen molar-refractivity contribution in [1.29, 1.82) is 0 Å². The van der Waals surface area contributed by atoms with E-state index < -0.39 is 17.8 Å². The maximum absolute atomic E-state index is 14.6. The van der Waals surface area contributed by atoms with Gasteiger partial charge in [0.2, 0.25) is 0 Å². The van der Waals surface area contributed by atoms with Gasteiger partial charge in [-0.3, -0.25) is 14.4 Å². The van der Waals surface area contributed by atoms with Gasteiger partial charge in [-0.05, 0) is 117 Å². The Balaban J connectivity index is 0.000000263. The molecule has 0 radical (unpaired) electrons. The van der Waals surface area contributed by atoms with Gasteiger partial charge in [0, 0.05) is 50.9 Å². The average molecular weight is 711 g/mol. The van der Waals surface area contributed by atoms with Crippen molar-refractivity contribution in [3.63, 3.8) is 0 Å². The first-order valence-corrected chi connectivity index (χ1v) is 18.0. The highest BCUT2D eigenvalue weighted by molar-refractivity contribution is 6.18. The number of likely N-dealkylation sites (tertiary alicyclic amines) is 1. The Kier molecular flexibility index (Phi) is 15.5. The van der Waals surface area contributed by atoms with Gasteiger partial charge in [-0.1, -0.05) is 32.8 Å². The molecule has 2 amide bonds. The van der Waals surface area contributed by atoms with Crippen LogP contribution in [0, 0.1) is 43.7 Å². The van der Waals surface area contributed by atoms with Crippen LogP contribution in [0.2, 0.25) is 0 Å². The molecule has 2 fully saturated rings. The first kappa shape index (κ1) is 41.5. The molecule has 2 aliphatic heterocycles. The van der Waals surface area contributed by atoms with E-state index in [0.29, 0.717) is 34.6 Å². The van der Waals surface area contributed by atoms with Crippen molar-refractivity contribution < 1.29 is 33.1 Å². The number of hydrogen-bond donors (Lipinski definition) is 3. The van der Waals surface area contributed by atoms with Crippen molar-refractivity contribution in [2.75, 3.05) is 46.3 Å². The molecule has 11 heteroatoms. The SMILES string of the molecule is C=O.CC(C)CCNC(=O)C1=CCCN(CCN2CC3(CCCC3)C2)C1=O.CNC(CC(=O)O)c1cc(-c2c(C)cc(F)cc2C)cc(C)c1F. The van der Waals surface area contributed by atoms with Crippen LogP contribution in [0.1, 0.15) is 87.1 Å². The maximum atomic E-state index is 14.6. The zero-order valence-corrected chi connectivity index (χ0v) is 31.2. The number of aliphatic carboxylic acids is 1. The van der Waals surface area contributed by atoms with E-state index in [9.17, 15) is 23.2 Å². The zero-order chi connectivity index (χ0) is 37.9. The standard InChI is InChI=1S/C20H33N3O2.C19H21F2NO2.CH2O/c1-16(2)7-10-21-18(24)17-6-5-11-23(19(17)25)13-12-22-14-20(15-22)8-3-4-9-20;1-10-6-14(20)7-11(2)18(10)13-5-12(3)19(21)15(8-13)16(22-4)9-17(23)24;1-2/h6,16H,3-5,7-15H2,1-2H3,(H,21,24);5-8,16,22H,9H2,1-4H3,(H,23,24);1H2. The zero-order valence-electron chi connectivity index (χ0n) is 31.2. The van der Waals surface area contributed by atoms with E-state index in [1.54, 1.807) is 46.0 Å². The quantitative estimate of drug-likeness (QED) is 0.222. The summed E-state index contributed by atoms with van der Waals surface area (Å²) in [6, 6.07) is 5.60. The molecule has 1 spiro atoms. The van der Waals surface area contributed by atoms with Crippen LogP contribution in [0.3, 0.4) is 0 Å². The van der Waals surface area contributed by atoms with Gasteiger partial charge in [0.25, 0.3) is 11.8 Å². The van der Waals surface area contributed by atoms with Crippen molar-refractivity contribution in [3.05, 3.63) is 69.8 Å². The first-order valence-electron chi connectivity index (χ1n) is 18.0. The molecule has 1 atom stereocenters. The fraction of sp³-hybridized carbons (Fsp3) is 0.550. The molecule has 3 N–H and O–H groups in total. The average Bonchev–Trinajstić information content (AvgIpc) is 3.55. The Hall–Kier alpha value is -3.96. The van der Waals surface area contributed by atoms with Crippen LogP contribution in [0.5, 0.6) is 0 Å². The third kappa shape index (κ3) is 11.0. The number of carboxylic acids is 1. The summed E-state index contributed by atoms with van der Waals surface area (Å²) < 4.78 is 28.1. The lowest BCUT2D eigenvalue weighted by atomic mass is 9.78. The molecule has 2 heterocycles. The monoisotopic (exact) mass is 710 g/mol. The van der Waals surface area contributed by atoms with Gasteiger partial charge in [-0.2, -0.15) is 0 Å². The molecule has 1 aliphatic carbocycles. The van der Waals surface area contributed by atoms with Crippen LogP contribution in [-0.2, 0) is 19.2 Å². The second-order valence-electron chi connectivity index (χ2n) is 14.6. The molecule has 3 aliphatic rings. The highest BCUT2D eigenvalue weighted by Crippen LogP contribution is 2.45. The number of aryl methyl sites for hydroxylation is 3. The molecule has 9 nitrogen and oxygen atoms in total. The number of rotatable bonds is 12. The van der Waals surface area contributed by atoms with Crippen molar-refractivity contribution >= 4 is 24.6 Å². The van der Waals surface area contributed by atoms with Crippen LogP contribution < -0.4 is 10.6 Å². The number of amides is 2. The summed E-state index contributed by atoms with van der Waals surface area (Å²) >= 11 is 0. The van der Waals surface area contributed by atoms with Crippen LogP contribution in [0.4, 0.5) is 8.78 Å². The summed E-state index contributed by atoms with van der Waals surface area (Å²) in [5, 5.41) is 14.8. The maximum Gasteiger partial charge on any atom is 0.305 e. The lowest BCUT2D eigenvalue weighted by Crippen LogP contribution is -2.57. The van der Waals surface area contributed by atoms with Gasteiger partial charge in [0.1, 0.15) is 24.0 Å². The van der Waals surface area contributed by atoms with Crippen molar-refractivity contribution in [2.24, 2.45) is 11.3 Å². The van der Waals surface area contributed by atoms with E-state index in [1.165, 1.54) is 50.9 Å². The normalized spacial score (nSPS) is 17.2. The van der Waals surface area contributed by atoms with Gasteiger partial charge in [-0.25, -0.2) is 8.78 Å². The summed E-state index contributed by atoms with van der Waals surface area (Å²) in [6.45, 7) is 17.0. The number of nitrogens with zero attached hydrogens (tertiary/aromatic N) is 2. The second-order valence-corrected chi connectivity index (χ2v) is 14.6. The summed E-state index contributed by atoms with van der Waals surface area (Å²) in [4.78, 5) is 48.2. The Morgan fingerprint density at radius 3 is 2.18 bits per heavy atom. The Labute approximate surface area is 301 Å². The largest absolute Gasteiger partial charge is 0.481 e. The van der Waals surface area contributed by atoms with Crippen LogP contribution in [0.25, 0.3) is 11.1 Å². The van der Waals surface area contributed by atoms with Crippen LogP contribution in [-0.4, -0.2) is 85.8 Å². The Morgan fingerprint density at radius 2 is 1.61 bits per heavy atom. The summed E-state index contributed by atoms with van der Waals surface area (Å²) in [5.74, 6) is -1.49. The predicted molar refractivity (Wildman–Crippen MR) is 196 cm³/mol. The Bertz CT molecular complexity index is 1540. The molecule has 2 aromatic carbocycles. The number of halogens is 2. The number of nitrogens with one attached hydrogen (secondary N) is 2. The molecule has 1 saturated carbocycles. The number of carboxylic acid groups (broad SMARTS) is 1. The van der Waals surface area contributed by atoms with Crippen LogP contribution in [0.15, 0.2) is 35.9 Å². The molecule has 1 unspecified atom stereocenters. The summed E-state index contributed by atoms with van der Waals surface area (Å²) in [5.41, 5.74) is 4.77. The summed E-state index contributed by atoms with van der Waals surface area (Å²) in [6.07, 6.45) is 8.84. The van der Waals surface area contributed by atoms with Crippen LogP contribution >= 0.6 is 0 Å². The first-order chi connectivity index (χ1) is 24.2. The van der Waals surface area contributed by atoms with E-state index in [4.69, 9.17) is 9.90 Å². The van der Waals surface area contributed by atoms with Gasteiger partial charge < -0.3 is 30.3 Å². The van der Waals surface area contributed by atoms with E-state index in [0.717, 1.165) is 54.7 Å². The van der Waals surface area contributed by atoms with E-state index in [-0.39, 0.29) is 24.1 Å². The smallest absolute Gasteiger partial charge is 0.305 e. The lowest BCUT2D eigenvalue weighted by Gasteiger charge is -2.49. The molecular weight excluding hydrogens is 654 g/mol. The minimum atomic E-state index is -1.01. The minimum absolute atomic E-state index is 0.0931. The minimum Gasteiger partial charge on any atom is -0.481 e. The van der Waals surface area contributed by atoms with Gasteiger partial charge in [-0.15, -0.1) is 0 Å². The second kappa shape index (κ2) is 19.0. The van der Waals surface area contributed by atoms with Gasteiger partial charge in [0.05, 0.1) is 6.42 Å². The van der Waals surface area contributed by atoms with Gasteiger partial charge in [0.15, 0.2) is 0 Å². The van der Waals surface area contributed by atoms with Crippen molar-refractivity contribution in [3.8, 4) is 11.1 Å². The molecule has 0 aromatic heterocycles. The third-order valence-corrected chi connectivity index (χ3v) is 10.2. The van der Waals surface area contributed by atoms with E-state index in [2.05, 4.69) is 29.4 Å². The number of carbonyl (C=O) groups is 4. The molecule has 2 aromatic rings. The summed E-state index contributed by atoms with van der Waals surface area (Å²) in [7, 11) is 1.60. The molecule has 5 rings (SSSR count). The Morgan fingerprint density at radius 1 is 0.980 bits per heavy atom. The number of benzene rings is 2. The number of carbonyl (C=O) groups excluding carboxylic acids is 3. The molecule has 1 saturated heterocycles. The van der Waals surface area contributed by atoms with Crippen molar-refractivity contribution in [1.82, 2.24) is 20.4 Å². The lowest BCUT2D eigenvalue weighted by molar-refractivity contribution is -0.137. The highest BCUT2D eigenvalue weighted by Gasteiger charge is 2.44. The van der Waals surface area contributed by atoms with E-state index in [1.807, 2.05) is 11.7 Å². The van der Waals surface area contributed by atoms with Crippen molar-refractivity contribution in [2.45, 2.75) is 85.6 Å². The predicted octanol–water partition coefficient (Wildman–Crippen LogP) is 6.29. The molecule has 0 bridgehead atoms.